The maximum absolute atomic E-state index is 13.4. The van der Waals surface area contributed by atoms with Crippen molar-refractivity contribution in [2.75, 3.05) is 20.3 Å². The molecule has 1 aliphatic heterocycles. The second-order valence-electron chi connectivity index (χ2n) is 7.82. The Hall–Kier alpha value is -2.68. The van der Waals surface area contributed by atoms with E-state index in [1.165, 1.54) is 4.31 Å². The first kappa shape index (κ1) is 21.5. The summed E-state index contributed by atoms with van der Waals surface area (Å²) in [6, 6.07) is 13.8. The molecular formula is C23H26N2O5S. The molecule has 1 fully saturated rings. The third-order valence-electron chi connectivity index (χ3n) is 5.57. The van der Waals surface area contributed by atoms with E-state index in [2.05, 4.69) is 4.98 Å². The van der Waals surface area contributed by atoms with Crippen LogP contribution in [0, 0.1) is 6.92 Å². The molecule has 31 heavy (non-hydrogen) atoms. The zero-order chi connectivity index (χ0) is 22.0. The lowest BCUT2D eigenvalue weighted by atomic mass is 10.1. The predicted molar refractivity (Wildman–Crippen MR) is 119 cm³/mol. The van der Waals surface area contributed by atoms with Crippen LogP contribution >= 0.6 is 0 Å². The van der Waals surface area contributed by atoms with Gasteiger partial charge in [-0.3, -0.25) is 4.79 Å². The monoisotopic (exact) mass is 442 g/mol. The summed E-state index contributed by atoms with van der Waals surface area (Å²) in [4.78, 5) is 15.8. The van der Waals surface area contributed by atoms with Crippen LogP contribution in [0.5, 0.6) is 5.75 Å². The molecule has 3 aromatic rings. The van der Waals surface area contributed by atoms with E-state index in [4.69, 9.17) is 9.47 Å². The van der Waals surface area contributed by atoms with E-state index in [-0.39, 0.29) is 29.6 Å². The molecule has 1 atom stereocenters. The number of nitrogens with one attached hydrogen (secondary N) is 1. The molecule has 1 N–H and O–H groups in total. The van der Waals surface area contributed by atoms with Gasteiger partial charge in [-0.15, -0.1) is 0 Å². The van der Waals surface area contributed by atoms with Gasteiger partial charge >= 0.3 is 0 Å². The molecule has 2 aromatic carbocycles. The lowest BCUT2D eigenvalue weighted by molar-refractivity contribution is 0.0925. The van der Waals surface area contributed by atoms with Crippen molar-refractivity contribution in [2.45, 2.75) is 37.3 Å². The highest BCUT2D eigenvalue weighted by molar-refractivity contribution is 7.89. The van der Waals surface area contributed by atoms with Gasteiger partial charge in [0.05, 0.1) is 18.1 Å². The van der Waals surface area contributed by atoms with Crippen molar-refractivity contribution in [3.63, 3.8) is 0 Å². The van der Waals surface area contributed by atoms with E-state index in [1.54, 1.807) is 49.6 Å². The highest BCUT2D eigenvalue weighted by atomic mass is 32.2. The third-order valence-corrected chi connectivity index (χ3v) is 7.39. The van der Waals surface area contributed by atoms with Gasteiger partial charge in [-0.2, -0.15) is 4.31 Å². The van der Waals surface area contributed by atoms with Crippen molar-refractivity contribution >= 4 is 20.9 Å². The molecule has 0 radical (unpaired) electrons. The number of fused-ring (bicyclic) bond motifs is 1. The first-order chi connectivity index (χ1) is 14.9. The maximum Gasteiger partial charge on any atom is 0.252 e. The van der Waals surface area contributed by atoms with E-state index >= 15 is 0 Å². The molecule has 1 aromatic heterocycles. The Kier molecular flexibility index (Phi) is 6.13. The minimum absolute atomic E-state index is 0.0431. The molecule has 0 spiro atoms. The summed E-state index contributed by atoms with van der Waals surface area (Å²) in [6.07, 6.45) is 1.52. The number of hydrogen-bond acceptors (Lipinski definition) is 5. The summed E-state index contributed by atoms with van der Waals surface area (Å²) >= 11 is 0. The van der Waals surface area contributed by atoms with Gasteiger partial charge in [0, 0.05) is 36.2 Å². The summed E-state index contributed by atoms with van der Waals surface area (Å²) in [5.41, 5.74) is 1.70. The van der Waals surface area contributed by atoms with Gasteiger partial charge < -0.3 is 14.5 Å². The fourth-order valence-corrected chi connectivity index (χ4v) is 5.24. The molecule has 2 heterocycles. The van der Waals surface area contributed by atoms with Crippen LogP contribution in [0.15, 0.2) is 58.2 Å². The number of aromatic amines is 1. The molecule has 4 rings (SSSR count). The number of aromatic nitrogens is 1. The van der Waals surface area contributed by atoms with Crippen LogP contribution in [-0.2, 0) is 21.3 Å². The molecule has 8 heteroatoms. The number of pyridine rings is 1. The zero-order valence-corrected chi connectivity index (χ0v) is 18.4. The van der Waals surface area contributed by atoms with E-state index in [0.717, 1.165) is 23.8 Å². The summed E-state index contributed by atoms with van der Waals surface area (Å²) in [5.74, 6) is 0.661. The molecule has 164 valence electrons. The molecule has 0 unspecified atom stereocenters. The number of nitrogens with zero attached hydrogens (tertiary/aromatic N) is 1. The Morgan fingerprint density at radius 1 is 1.16 bits per heavy atom. The van der Waals surface area contributed by atoms with Crippen molar-refractivity contribution in [1.82, 2.24) is 9.29 Å². The number of sulfonamides is 1. The van der Waals surface area contributed by atoms with Crippen LogP contribution in [0.25, 0.3) is 10.9 Å². The Labute approximate surface area is 181 Å². The van der Waals surface area contributed by atoms with Crippen LogP contribution in [0.1, 0.15) is 24.0 Å². The second-order valence-corrected chi connectivity index (χ2v) is 9.76. The molecule has 1 saturated heterocycles. The standard InChI is InChI=1S/C23H26N2O5S/c1-16-5-8-21(9-6-16)31(27,28)25(15-20-4-3-11-30-20)14-18-12-17-13-19(29-2)7-10-22(17)24-23(18)26/h5-10,12-13,20H,3-4,11,14-15H2,1-2H3,(H,24,26)/t20-/m1/s1. The molecule has 0 aliphatic carbocycles. The first-order valence-electron chi connectivity index (χ1n) is 10.3. The van der Waals surface area contributed by atoms with Crippen molar-refractivity contribution < 1.29 is 17.9 Å². The fourth-order valence-electron chi connectivity index (χ4n) is 3.79. The summed E-state index contributed by atoms with van der Waals surface area (Å²) < 4.78 is 39.2. The van der Waals surface area contributed by atoms with Gasteiger partial charge in [0.2, 0.25) is 10.0 Å². The number of aryl methyl sites for hydroxylation is 1. The van der Waals surface area contributed by atoms with Gasteiger partial charge in [0.1, 0.15) is 5.75 Å². The molecule has 0 saturated carbocycles. The van der Waals surface area contributed by atoms with E-state index in [0.29, 0.717) is 23.4 Å². The smallest absolute Gasteiger partial charge is 0.252 e. The van der Waals surface area contributed by atoms with Gasteiger partial charge in [0.25, 0.3) is 5.56 Å². The zero-order valence-electron chi connectivity index (χ0n) is 17.6. The number of ether oxygens (including phenoxy) is 2. The van der Waals surface area contributed by atoms with E-state index < -0.39 is 10.0 Å². The summed E-state index contributed by atoms with van der Waals surface area (Å²) in [5, 5.41) is 0.777. The van der Waals surface area contributed by atoms with Crippen LogP contribution in [0.4, 0.5) is 0 Å². The minimum atomic E-state index is -3.81. The Balaban J connectivity index is 1.72. The van der Waals surface area contributed by atoms with Crippen molar-refractivity contribution in [1.29, 1.82) is 0 Å². The van der Waals surface area contributed by atoms with Crippen molar-refractivity contribution in [3.8, 4) is 5.75 Å². The highest BCUT2D eigenvalue weighted by Gasteiger charge is 2.30. The molecule has 0 amide bonds. The number of hydrogen-bond donors (Lipinski definition) is 1. The topological polar surface area (TPSA) is 88.7 Å². The minimum Gasteiger partial charge on any atom is -0.497 e. The number of benzene rings is 2. The van der Waals surface area contributed by atoms with Crippen molar-refractivity contribution in [3.05, 3.63) is 70.0 Å². The summed E-state index contributed by atoms with van der Waals surface area (Å²) in [6.45, 7) is 2.69. The van der Waals surface area contributed by atoms with Gasteiger partial charge in [-0.25, -0.2) is 8.42 Å². The average molecular weight is 443 g/mol. The van der Waals surface area contributed by atoms with E-state index in [1.807, 2.05) is 13.0 Å². The van der Waals surface area contributed by atoms with Crippen LogP contribution < -0.4 is 10.3 Å². The Morgan fingerprint density at radius 2 is 1.94 bits per heavy atom. The lowest BCUT2D eigenvalue weighted by Crippen LogP contribution is -2.38. The number of rotatable bonds is 7. The van der Waals surface area contributed by atoms with Crippen molar-refractivity contribution in [2.24, 2.45) is 0 Å². The van der Waals surface area contributed by atoms with Crippen LogP contribution in [-0.4, -0.2) is 44.1 Å². The quantitative estimate of drug-likeness (QED) is 0.607. The van der Waals surface area contributed by atoms with E-state index in [9.17, 15) is 13.2 Å². The SMILES string of the molecule is COc1ccc2[nH]c(=O)c(CN(C[C@H]3CCCO3)S(=O)(=O)c3ccc(C)cc3)cc2c1. The van der Waals surface area contributed by atoms with Gasteiger partial charge in [-0.1, -0.05) is 17.7 Å². The normalized spacial score (nSPS) is 16.8. The molecule has 7 nitrogen and oxygen atoms in total. The fraction of sp³-hybridized carbons (Fsp3) is 0.348. The Bertz CT molecular complexity index is 1230. The highest BCUT2D eigenvalue weighted by Crippen LogP contribution is 2.24. The van der Waals surface area contributed by atoms with Crippen LogP contribution in [0.2, 0.25) is 0 Å². The molecular weight excluding hydrogens is 416 g/mol. The maximum atomic E-state index is 13.4. The first-order valence-corrected chi connectivity index (χ1v) is 11.7. The Morgan fingerprint density at radius 3 is 2.61 bits per heavy atom. The second kappa shape index (κ2) is 8.82. The molecule has 0 bridgehead atoms. The predicted octanol–water partition coefficient (Wildman–Crippen LogP) is 3.22. The average Bonchev–Trinajstić information content (AvgIpc) is 3.27. The van der Waals surface area contributed by atoms with Crippen LogP contribution in [0.3, 0.4) is 0 Å². The summed E-state index contributed by atoms with van der Waals surface area (Å²) in [7, 11) is -2.24. The third kappa shape index (κ3) is 4.66. The largest absolute Gasteiger partial charge is 0.497 e. The van der Waals surface area contributed by atoms with Gasteiger partial charge in [0.15, 0.2) is 0 Å². The van der Waals surface area contributed by atoms with Gasteiger partial charge in [-0.05, 0) is 56.2 Å². The number of methoxy groups -OCH3 is 1. The lowest BCUT2D eigenvalue weighted by Gasteiger charge is -2.25. The number of H-pyrrole nitrogens is 1. The molecule has 1 aliphatic rings.